The summed E-state index contributed by atoms with van der Waals surface area (Å²) in [4.78, 5) is 14.7. The van der Waals surface area contributed by atoms with E-state index in [1.807, 2.05) is 0 Å². The van der Waals surface area contributed by atoms with Gasteiger partial charge in [0.05, 0.1) is 0 Å². The highest BCUT2D eigenvalue weighted by atomic mass is 16.1. The minimum absolute atomic E-state index is 0.207. The van der Waals surface area contributed by atoms with Crippen LogP contribution >= 0.6 is 0 Å². The number of amides is 1. The maximum Gasteiger partial charge on any atom is 0.267 e. The summed E-state index contributed by atoms with van der Waals surface area (Å²) < 4.78 is 0. The molecule has 0 radical (unpaired) electrons. The Labute approximate surface area is 76.3 Å². The number of benzene rings is 1. The number of carbonyl (C=O) groups excluding carboxylic acids is 1. The molecule has 0 heterocycles. The number of hydrogen-bond donors (Lipinski definition) is 2. The summed E-state index contributed by atoms with van der Waals surface area (Å²) in [6, 6.07) is 6.97. The molecule has 0 aliphatic carbocycles. The topological polar surface area (TPSA) is 81.5 Å². The maximum absolute atomic E-state index is 10.9. The minimum Gasteiger partial charge on any atom is -0.398 e. The van der Waals surface area contributed by atoms with Gasteiger partial charge in [-0.05, 0) is 6.07 Å². The summed E-state index contributed by atoms with van der Waals surface area (Å²) >= 11 is 0. The molecule has 0 aliphatic rings. The van der Waals surface area contributed by atoms with E-state index in [-0.39, 0.29) is 5.71 Å². The Bertz CT molecular complexity index is 358. The first-order valence-corrected chi connectivity index (χ1v) is 3.78. The van der Waals surface area contributed by atoms with E-state index < -0.39 is 5.91 Å². The lowest BCUT2D eigenvalue weighted by molar-refractivity contribution is -0.111. The number of primary amides is 1. The third-order valence-corrected chi connectivity index (χ3v) is 1.67. The van der Waals surface area contributed by atoms with Crippen molar-refractivity contribution in [3.05, 3.63) is 29.8 Å². The fourth-order valence-electron chi connectivity index (χ4n) is 1.08. The third-order valence-electron chi connectivity index (χ3n) is 1.67. The van der Waals surface area contributed by atoms with Gasteiger partial charge in [0.1, 0.15) is 5.71 Å². The van der Waals surface area contributed by atoms with Gasteiger partial charge in [-0.3, -0.25) is 9.79 Å². The van der Waals surface area contributed by atoms with Crippen LogP contribution in [0.15, 0.2) is 29.3 Å². The molecule has 4 N–H and O–H groups in total. The molecule has 1 aromatic carbocycles. The average Bonchev–Trinajstić information content (AvgIpc) is 2.09. The molecule has 0 atom stereocenters. The summed E-state index contributed by atoms with van der Waals surface area (Å²) in [7, 11) is 1.51. The molecular weight excluding hydrogens is 166 g/mol. The zero-order chi connectivity index (χ0) is 9.84. The van der Waals surface area contributed by atoms with E-state index in [4.69, 9.17) is 11.5 Å². The molecule has 1 amide bonds. The molecule has 4 nitrogen and oxygen atoms in total. The molecule has 4 heteroatoms. The van der Waals surface area contributed by atoms with Gasteiger partial charge in [0, 0.05) is 18.3 Å². The molecule has 68 valence electrons. The van der Waals surface area contributed by atoms with E-state index in [0.29, 0.717) is 11.3 Å². The summed E-state index contributed by atoms with van der Waals surface area (Å²) in [6.07, 6.45) is 0. The van der Waals surface area contributed by atoms with Crippen LogP contribution in [-0.2, 0) is 4.79 Å². The first kappa shape index (κ1) is 9.25. The third kappa shape index (κ3) is 1.84. The van der Waals surface area contributed by atoms with Crippen molar-refractivity contribution in [1.29, 1.82) is 0 Å². The number of anilines is 1. The van der Waals surface area contributed by atoms with E-state index in [0.717, 1.165) is 0 Å². The molecule has 0 bridgehead atoms. The molecule has 0 fully saturated rings. The van der Waals surface area contributed by atoms with E-state index in [1.165, 1.54) is 7.05 Å². The monoisotopic (exact) mass is 177 g/mol. The fraction of sp³-hybridized carbons (Fsp3) is 0.111. The van der Waals surface area contributed by atoms with Gasteiger partial charge in [0.25, 0.3) is 5.91 Å². The Morgan fingerprint density at radius 3 is 2.46 bits per heavy atom. The molecule has 1 rings (SSSR count). The Hall–Kier alpha value is -1.84. The van der Waals surface area contributed by atoms with Gasteiger partial charge in [-0.2, -0.15) is 0 Å². The molecular formula is C9H11N3O. The second-order valence-corrected chi connectivity index (χ2v) is 2.52. The first-order chi connectivity index (χ1) is 6.16. The van der Waals surface area contributed by atoms with E-state index in [9.17, 15) is 4.79 Å². The Morgan fingerprint density at radius 1 is 1.38 bits per heavy atom. The lowest BCUT2D eigenvalue weighted by Crippen LogP contribution is -2.25. The zero-order valence-electron chi connectivity index (χ0n) is 7.32. The lowest BCUT2D eigenvalue weighted by atomic mass is 10.1. The van der Waals surface area contributed by atoms with Crippen LogP contribution in [0.5, 0.6) is 0 Å². The normalized spacial score (nSPS) is 11.3. The van der Waals surface area contributed by atoms with Crippen LogP contribution in [0, 0.1) is 0 Å². The molecule has 13 heavy (non-hydrogen) atoms. The second kappa shape index (κ2) is 3.71. The van der Waals surface area contributed by atoms with Crippen molar-refractivity contribution in [2.45, 2.75) is 0 Å². The lowest BCUT2D eigenvalue weighted by Gasteiger charge is -2.04. The largest absolute Gasteiger partial charge is 0.398 e. The maximum atomic E-state index is 10.9. The average molecular weight is 177 g/mol. The van der Waals surface area contributed by atoms with Crippen LogP contribution in [0.2, 0.25) is 0 Å². The highest BCUT2D eigenvalue weighted by molar-refractivity contribution is 6.45. The second-order valence-electron chi connectivity index (χ2n) is 2.52. The number of nitrogens with zero attached hydrogens (tertiary/aromatic N) is 1. The number of rotatable bonds is 2. The van der Waals surface area contributed by atoms with Gasteiger partial charge >= 0.3 is 0 Å². The number of nitrogen functional groups attached to an aromatic ring is 1. The number of aliphatic imine (C=N–C) groups is 1. The number of hydrogen-bond acceptors (Lipinski definition) is 3. The minimum atomic E-state index is -0.569. The number of nitrogens with two attached hydrogens (primary N) is 2. The fourth-order valence-corrected chi connectivity index (χ4v) is 1.08. The molecule has 0 saturated carbocycles. The van der Waals surface area contributed by atoms with Crippen LogP contribution in [0.4, 0.5) is 5.69 Å². The van der Waals surface area contributed by atoms with Crippen LogP contribution < -0.4 is 11.5 Å². The smallest absolute Gasteiger partial charge is 0.267 e. The predicted octanol–water partition coefficient (Wildman–Crippen LogP) is 0.173. The quantitative estimate of drug-likeness (QED) is 0.498. The van der Waals surface area contributed by atoms with Gasteiger partial charge < -0.3 is 11.5 Å². The first-order valence-electron chi connectivity index (χ1n) is 3.78. The molecule has 1 aromatic rings. The summed E-state index contributed by atoms with van der Waals surface area (Å²) in [6.45, 7) is 0. The number of carbonyl (C=O) groups is 1. The Kier molecular flexibility index (Phi) is 2.64. The SMILES string of the molecule is CN=C(C(N)=O)c1ccccc1N. The van der Waals surface area contributed by atoms with Crippen LogP contribution in [0.25, 0.3) is 0 Å². The molecule has 0 saturated heterocycles. The van der Waals surface area contributed by atoms with Gasteiger partial charge in [0.15, 0.2) is 0 Å². The van der Waals surface area contributed by atoms with Crippen molar-refractivity contribution in [3.8, 4) is 0 Å². The summed E-state index contributed by atoms with van der Waals surface area (Å²) in [5.41, 5.74) is 12.1. The predicted molar refractivity (Wildman–Crippen MR) is 52.5 cm³/mol. The van der Waals surface area contributed by atoms with Crippen molar-refractivity contribution in [2.75, 3.05) is 12.8 Å². The molecule has 0 aromatic heterocycles. The highest BCUT2D eigenvalue weighted by Crippen LogP contribution is 2.11. The van der Waals surface area contributed by atoms with Crippen molar-refractivity contribution in [3.63, 3.8) is 0 Å². The van der Waals surface area contributed by atoms with Crippen molar-refractivity contribution >= 4 is 17.3 Å². The van der Waals surface area contributed by atoms with Gasteiger partial charge in [-0.25, -0.2) is 0 Å². The number of para-hydroxylation sites is 1. The van der Waals surface area contributed by atoms with Crippen LogP contribution in [-0.4, -0.2) is 18.7 Å². The summed E-state index contributed by atoms with van der Waals surface area (Å²) in [5, 5.41) is 0. The highest BCUT2D eigenvalue weighted by Gasteiger charge is 2.10. The zero-order valence-corrected chi connectivity index (χ0v) is 7.32. The molecule has 0 spiro atoms. The van der Waals surface area contributed by atoms with Gasteiger partial charge in [0.2, 0.25) is 0 Å². The van der Waals surface area contributed by atoms with Crippen molar-refractivity contribution < 1.29 is 4.79 Å². The van der Waals surface area contributed by atoms with Crippen molar-refractivity contribution in [2.24, 2.45) is 10.7 Å². The standard InChI is InChI=1S/C9H11N3O/c1-12-8(9(11)13)6-4-2-3-5-7(6)10/h2-5H,10H2,1H3,(H2,11,13). The Morgan fingerprint density at radius 2 is 2.00 bits per heavy atom. The summed E-state index contributed by atoms with van der Waals surface area (Å²) in [5.74, 6) is -0.569. The van der Waals surface area contributed by atoms with Crippen molar-refractivity contribution in [1.82, 2.24) is 0 Å². The van der Waals surface area contributed by atoms with E-state index in [2.05, 4.69) is 4.99 Å². The van der Waals surface area contributed by atoms with Crippen LogP contribution in [0.1, 0.15) is 5.56 Å². The Balaban J connectivity index is 3.21. The van der Waals surface area contributed by atoms with Gasteiger partial charge in [-0.1, -0.05) is 18.2 Å². The molecule has 0 unspecified atom stereocenters. The molecule has 0 aliphatic heterocycles. The van der Waals surface area contributed by atoms with E-state index >= 15 is 0 Å². The van der Waals surface area contributed by atoms with Crippen LogP contribution in [0.3, 0.4) is 0 Å². The van der Waals surface area contributed by atoms with E-state index in [1.54, 1.807) is 24.3 Å². The van der Waals surface area contributed by atoms with Gasteiger partial charge in [-0.15, -0.1) is 0 Å².